The van der Waals surface area contributed by atoms with E-state index in [1.807, 2.05) is 6.92 Å². The van der Waals surface area contributed by atoms with Crippen molar-refractivity contribution in [2.24, 2.45) is 0 Å². The third kappa shape index (κ3) is 3.18. The number of hydrogen-bond acceptors (Lipinski definition) is 1. The number of unbranched alkanes of at least 4 members (excludes halogenated alkanes) is 1. The minimum Gasteiger partial charge on any atom is -0.388 e. The maximum absolute atomic E-state index is 13.6. The van der Waals surface area contributed by atoms with Gasteiger partial charge in [0.2, 0.25) is 0 Å². The van der Waals surface area contributed by atoms with E-state index in [0.717, 1.165) is 12.8 Å². The number of benzene rings is 1. The highest BCUT2D eigenvalue weighted by atomic mass is 35.5. The molecule has 0 aliphatic carbocycles. The predicted molar refractivity (Wildman–Crippen MR) is 60.6 cm³/mol. The molecule has 1 aromatic carbocycles. The summed E-state index contributed by atoms with van der Waals surface area (Å²) in [6, 6.07) is 3.07. The molecular weight excluding hydrogens is 215 g/mol. The average Bonchev–Trinajstić information content (AvgIpc) is 2.19. The van der Waals surface area contributed by atoms with Crippen LogP contribution in [0.1, 0.15) is 43.4 Å². The summed E-state index contributed by atoms with van der Waals surface area (Å²) >= 11 is 5.82. The Morgan fingerprint density at radius 3 is 2.73 bits per heavy atom. The smallest absolute Gasteiger partial charge is 0.132 e. The molecule has 84 valence electrons. The molecule has 1 rings (SSSR count). The van der Waals surface area contributed by atoms with Crippen molar-refractivity contribution in [2.75, 3.05) is 0 Å². The lowest BCUT2D eigenvalue weighted by molar-refractivity contribution is 0.159. The maximum atomic E-state index is 13.6. The Balaban J connectivity index is 2.92. The summed E-state index contributed by atoms with van der Waals surface area (Å²) in [5, 5.41) is 10.3. The molecule has 0 aliphatic heterocycles. The van der Waals surface area contributed by atoms with Gasteiger partial charge in [0, 0.05) is 10.6 Å². The Bertz CT molecular complexity index is 339. The zero-order chi connectivity index (χ0) is 11.4. The molecule has 15 heavy (non-hydrogen) atoms. The number of hydrogen-bond donors (Lipinski definition) is 1. The van der Waals surface area contributed by atoms with Crippen molar-refractivity contribution >= 4 is 11.6 Å². The molecule has 0 aromatic heterocycles. The van der Waals surface area contributed by atoms with Crippen molar-refractivity contribution in [3.05, 3.63) is 34.1 Å². The summed E-state index contributed by atoms with van der Waals surface area (Å²) in [4.78, 5) is 0. The van der Waals surface area contributed by atoms with Crippen LogP contribution in [0, 0.1) is 12.7 Å². The van der Waals surface area contributed by atoms with Gasteiger partial charge in [0.05, 0.1) is 6.10 Å². The maximum Gasteiger partial charge on any atom is 0.132 e. The number of rotatable bonds is 4. The summed E-state index contributed by atoms with van der Waals surface area (Å²) < 4.78 is 13.6. The summed E-state index contributed by atoms with van der Waals surface area (Å²) in [5.74, 6) is -0.344. The van der Waals surface area contributed by atoms with Crippen LogP contribution in [-0.4, -0.2) is 5.11 Å². The zero-order valence-electron chi connectivity index (χ0n) is 9.06. The Morgan fingerprint density at radius 1 is 1.47 bits per heavy atom. The van der Waals surface area contributed by atoms with Crippen molar-refractivity contribution in [3.8, 4) is 0 Å². The van der Waals surface area contributed by atoms with Gasteiger partial charge in [-0.05, 0) is 31.0 Å². The zero-order valence-corrected chi connectivity index (χ0v) is 9.81. The van der Waals surface area contributed by atoms with E-state index in [9.17, 15) is 9.50 Å². The van der Waals surface area contributed by atoms with Gasteiger partial charge >= 0.3 is 0 Å². The van der Waals surface area contributed by atoms with Crippen LogP contribution in [0.3, 0.4) is 0 Å². The Kier molecular flexibility index (Phi) is 4.55. The SMILES string of the molecule is CCCCC(O)c1cc(Cl)cc(C)c1F. The molecular formula is C12H16ClFO. The van der Waals surface area contributed by atoms with E-state index in [4.69, 9.17) is 11.6 Å². The first-order valence-electron chi connectivity index (χ1n) is 5.19. The molecule has 1 N–H and O–H groups in total. The van der Waals surface area contributed by atoms with Gasteiger partial charge in [-0.1, -0.05) is 31.4 Å². The van der Waals surface area contributed by atoms with Gasteiger partial charge in [-0.2, -0.15) is 0 Å². The molecule has 0 radical (unpaired) electrons. The van der Waals surface area contributed by atoms with Crippen LogP contribution in [0.25, 0.3) is 0 Å². The van der Waals surface area contributed by atoms with Crippen molar-refractivity contribution in [2.45, 2.75) is 39.2 Å². The summed E-state index contributed by atoms with van der Waals surface area (Å²) in [7, 11) is 0. The largest absolute Gasteiger partial charge is 0.388 e. The highest BCUT2D eigenvalue weighted by Gasteiger charge is 2.14. The first kappa shape index (κ1) is 12.5. The Labute approximate surface area is 94.9 Å². The van der Waals surface area contributed by atoms with Gasteiger partial charge < -0.3 is 5.11 Å². The van der Waals surface area contributed by atoms with E-state index < -0.39 is 6.10 Å². The van der Waals surface area contributed by atoms with Crippen LogP contribution in [0.15, 0.2) is 12.1 Å². The molecule has 0 amide bonds. The topological polar surface area (TPSA) is 20.2 Å². The Morgan fingerprint density at radius 2 is 2.13 bits per heavy atom. The van der Waals surface area contributed by atoms with Gasteiger partial charge in [-0.3, -0.25) is 0 Å². The van der Waals surface area contributed by atoms with Gasteiger partial charge in [-0.25, -0.2) is 4.39 Å². The number of aliphatic hydroxyl groups is 1. The summed E-state index contributed by atoms with van der Waals surface area (Å²) in [5.41, 5.74) is 0.793. The van der Waals surface area contributed by atoms with E-state index >= 15 is 0 Å². The summed E-state index contributed by atoms with van der Waals surface area (Å²) in [6.45, 7) is 3.68. The fourth-order valence-corrected chi connectivity index (χ4v) is 1.83. The van der Waals surface area contributed by atoms with Crippen LogP contribution < -0.4 is 0 Å². The van der Waals surface area contributed by atoms with Crippen LogP contribution in [0.2, 0.25) is 5.02 Å². The van der Waals surface area contributed by atoms with Crippen LogP contribution in [0.5, 0.6) is 0 Å². The molecule has 1 unspecified atom stereocenters. The predicted octanol–water partition coefficient (Wildman–Crippen LogP) is 4.01. The van der Waals surface area contributed by atoms with Crippen molar-refractivity contribution in [1.29, 1.82) is 0 Å². The summed E-state index contributed by atoms with van der Waals surface area (Å²) in [6.07, 6.45) is 1.69. The molecule has 1 atom stereocenters. The van der Waals surface area contributed by atoms with Crippen LogP contribution >= 0.6 is 11.6 Å². The standard InChI is InChI=1S/C12H16ClFO/c1-3-4-5-11(15)10-7-9(13)6-8(2)12(10)14/h6-7,11,15H,3-5H2,1-2H3. The molecule has 0 saturated heterocycles. The fourth-order valence-electron chi connectivity index (χ4n) is 1.55. The van der Waals surface area contributed by atoms with Crippen LogP contribution in [0.4, 0.5) is 4.39 Å². The fraction of sp³-hybridized carbons (Fsp3) is 0.500. The van der Waals surface area contributed by atoms with Crippen molar-refractivity contribution < 1.29 is 9.50 Å². The minimum atomic E-state index is -0.748. The Hall–Kier alpha value is -0.600. The lowest BCUT2D eigenvalue weighted by atomic mass is 10.0. The molecule has 0 spiro atoms. The van der Waals surface area contributed by atoms with Gasteiger partial charge in [0.15, 0.2) is 0 Å². The van der Waals surface area contributed by atoms with E-state index in [0.29, 0.717) is 22.6 Å². The van der Waals surface area contributed by atoms with Crippen molar-refractivity contribution in [3.63, 3.8) is 0 Å². The van der Waals surface area contributed by atoms with Gasteiger partial charge in [0.1, 0.15) is 5.82 Å². The molecule has 1 nitrogen and oxygen atoms in total. The molecule has 0 fully saturated rings. The molecule has 0 saturated carbocycles. The number of aliphatic hydroxyl groups excluding tert-OH is 1. The highest BCUT2D eigenvalue weighted by molar-refractivity contribution is 6.30. The molecule has 3 heteroatoms. The molecule has 0 bridgehead atoms. The highest BCUT2D eigenvalue weighted by Crippen LogP contribution is 2.27. The van der Waals surface area contributed by atoms with Gasteiger partial charge in [-0.15, -0.1) is 0 Å². The monoisotopic (exact) mass is 230 g/mol. The van der Waals surface area contributed by atoms with Crippen molar-refractivity contribution in [1.82, 2.24) is 0 Å². The van der Waals surface area contributed by atoms with Crippen LogP contribution in [-0.2, 0) is 0 Å². The van der Waals surface area contributed by atoms with E-state index in [2.05, 4.69) is 0 Å². The first-order valence-corrected chi connectivity index (χ1v) is 5.57. The lowest BCUT2D eigenvalue weighted by Gasteiger charge is -2.13. The quantitative estimate of drug-likeness (QED) is 0.829. The van der Waals surface area contributed by atoms with E-state index in [1.54, 1.807) is 13.0 Å². The molecule has 1 aromatic rings. The third-order valence-electron chi connectivity index (χ3n) is 2.44. The molecule has 0 heterocycles. The second-order valence-electron chi connectivity index (χ2n) is 3.78. The average molecular weight is 231 g/mol. The van der Waals surface area contributed by atoms with Gasteiger partial charge in [0.25, 0.3) is 0 Å². The first-order chi connectivity index (χ1) is 7.06. The second-order valence-corrected chi connectivity index (χ2v) is 4.22. The normalized spacial score (nSPS) is 12.9. The minimum absolute atomic E-state index is 0.313. The van der Waals surface area contributed by atoms with E-state index in [-0.39, 0.29) is 5.82 Å². The lowest BCUT2D eigenvalue weighted by Crippen LogP contribution is -2.02. The number of halogens is 2. The number of aryl methyl sites for hydroxylation is 1. The van der Waals surface area contributed by atoms with E-state index in [1.165, 1.54) is 6.07 Å². The second kappa shape index (κ2) is 5.47. The molecule has 0 aliphatic rings. The third-order valence-corrected chi connectivity index (χ3v) is 2.66.